The van der Waals surface area contributed by atoms with E-state index < -0.39 is 0 Å². The molecular weight excluding hydrogens is 169 g/mol. The Kier molecular flexibility index (Phi) is 1.95. The Morgan fingerprint density at radius 1 is 1.46 bits per heavy atom. The maximum Gasteiger partial charge on any atom is 0.235 e. The standard InChI is InChI=1S/C10H8FNO/c11-10-3-1-2-7-4-8(12-6-13)5-9(7)10/h1-3,8H,4-5H2. The second-order valence-corrected chi connectivity index (χ2v) is 3.16. The number of aliphatic imine (C=N–C) groups is 1. The Labute approximate surface area is 75.1 Å². The van der Waals surface area contributed by atoms with Gasteiger partial charge in [0.25, 0.3) is 0 Å². The smallest absolute Gasteiger partial charge is 0.211 e. The quantitative estimate of drug-likeness (QED) is 0.473. The first-order valence-electron chi connectivity index (χ1n) is 4.14. The molecule has 2 nitrogen and oxygen atoms in total. The second-order valence-electron chi connectivity index (χ2n) is 3.16. The minimum atomic E-state index is -0.193. The number of rotatable bonds is 1. The van der Waals surface area contributed by atoms with Gasteiger partial charge in [-0.1, -0.05) is 12.1 Å². The molecule has 1 aromatic carbocycles. The molecule has 0 fully saturated rings. The van der Waals surface area contributed by atoms with Gasteiger partial charge >= 0.3 is 0 Å². The van der Waals surface area contributed by atoms with E-state index in [-0.39, 0.29) is 11.9 Å². The van der Waals surface area contributed by atoms with Gasteiger partial charge in [-0.15, -0.1) is 0 Å². The van der Waals surface area contributed by atoms with Crippen molar-refractivity contribution in [2.75, 3.05) is 0 Å². The van der Waals surface area contributed by atoms with Gasteiger partial charge in [0.1, 0.15) is 5.82 Å². The van der Waals surface area contributed by atoms with Gasteiger partial charge in [0, 0.05) is 0 Å². The van der Waals surface area contributed by atoms with Crippen LogP contribution in [-0.4, -0.2) is 12.1 Å². The maximum atomic E-state index is 13.2. The highest BCUT2D eigenvalue weighted by Crippen LogP contribution is 2.25. The summed E-state index contributed by atoms with van der Waals surface area (Å²) >= 11 is 0. The predicted molar refractivity (Wildman–Crippen MR) is 45.7 cm³/mol. The molecule has 0 bridgehead atoms. The van der Waals surface area contributed by atoms with Crippen LogP contribution in [0.3, 0.4) is 0 Å². The normalized spacial score (nSPS) is 19.3. The molecule has 0 saturated heterocycles. The number of hydrogen-bond donors (Lipinski definition) is 0. The third kappa shape index (κ3) is 1.38. The molecule has 0 aromatic heterocycles. The minimum Gasteiger partial charge on any atom is -0.211 e. The van der Waals surface area contributed by atoms with Crippen LogP contribution in [0, 0.1) is 5.82 Å². The van der Waals surface area contributed by atoms with Gasteiger partial charge in [0.05, 0.1) is 6.04 Å². The van der Waals surface area contributed by atoms with Crippen molar-refractivity contribution in [3.63, 3.8) is 0 Å². The molecule has 0 heterocycles. The predicted octanol–water partition coefficient (Wildman–Crippen LogP) is 1.63. The van der Waals surface area contributed by atoms with Crippen LogP contribution < -0.4 is 0 Å². The Morgan fingerprint density at radius 3 is 3.00 bits per heavy atom. The van der Waals surface area contributed by atoms with Crippen molar-refractivity contribution < 1.29 is 9.18 Å². The highest BCUT2D eigenvalue weighted by atomic mass is 19.1. The molecule has 0 radical (unpaired) electrons. The lowest BCUT2D eigenvalue weighted by atomic mass is 10.1. The van der Waals surface area contributed by atoms with Crippen molar-refractivity contribution in [3.05, 3.63) is 35.1 Å². The summed E-state index contributed by atoms with van der Waals surface area (Å²) in [4.78, 5) is 13.6. The van der Waals surface area contributed by atoms with E-state index >= 15 is 0 Å². The van der Waals surface area contributed by atoms with Crippen LogP contribution in [0.1, 0.15) is 11.1 Å². The van der Waals surface area contributed by atoms with Crippen LogP contribution in [0.2, 0.25) is 0 Å². The molecule has 0 amide bonds. The van der Waals surface area contributed by atoms with Crippen molar-refractivity contribution in [1.82, 2.24) is 0 Å². The summed E-state index contributed by atoms with van der Waals surface area (Å²) in [5, 5.41) is 0. The summed E-state index contributed by atoms with van der Waals surface area (Å²) in [6, 6.07) is 4.88. The summed E-state index contributed by atoms with van der Waals surface area (Å²) in [6.45, 7) is 0. The number of nitrogens with zero attached hydrogens (tertiary/aromatic N) is 1. The first-order valence-corrected chi connectivity index (χ1v) is 4.14. The number of halogens is 1. The van der Waals surface area contributed by atoms with Crippen LogP contribution >= 0.6 is 0 Å². The highest BCUT2D eigenvalue weighted by Gasteiger charge is 2.23. The molecule has 1 unspecified atom stereocenters. The number of carbonyl (C=O) groups excluding carboxylic acids is 1. The molecule has 1 aliphatic carbocycles. The fourth-order valence-corrected chi connectivity index (χ4v) is 1.75. The Hall–Kier alpha value is -1.47. The Morgan fingerprint density at radius 2 is 2.31 bits per heavy atom. The second kappa shape index (κ2) is 3.11. The first kappa shape index (κ1) is 8.14. The zero-order valence-electron chi connectivity index (χ0n) is 6.96. The van der Waals surface area contributed by atoms with E-state index in [4.69, 9.17) is 0 Å². The Balaban J connectivity index is 2.35. The SMILES string of the molecule is O=C=NC1Cc2cccc(F)c2C1. The van der Waals surface area contributed by atoms with Gasteiger partial charge in [-0.05, 0) is 30.0 Å². The van der Waals surface area contributed by atoms with Crippen LogP contribution in [-0.2, 0) is 17.6 Å². The lowest BCUT2D eigenvalue weighted by Gasteiger charge is -1.97. The van der Waals surface area contributed by atoms with Crippen molar-refractivity contribution in [1.29, 1.82) is 0 Å². The lowest BCUT2D eigenvalue weighted by Crippen LogP contribution is -2.02. The van der Waals surface area contributed by atoms with Crippen molar-refractivity contribution in [2.24, 2.45) is 4.99 Å². The molecule has 0 aliphatic heterocycles. The third-order valence-corrected chi connectivity index (χ3v) is 2.35. The van der Waals surface area contributed by atoms with E-state index in [0.29, 0.717) is 18.4 Å². The summed E-state index contributed by atoms with van der Waals surface area (Å²) < 4.78 is 13.2. The zero-order chi connectivity index (χ0) is 9.26. The topological polar surface area (TPSA) is 29.4 Å². The van der Waals surface area contributed by atoms with Crippen molar-refractivity contribution in [2.45, 2.75) is 18.9 Å². The maximum absolute atomic E-state index is 13.2. The van der Waals surface area contributed by atoms with Crippen LogP contribution in [0.15, 0.2) is 23.2 Å². The average Bonchev–Trinajstić information content (AvgIpc) is 2.49. The van der Waals surface area contributed by atoms with Gasteiger partial charge in [0.2, 0.25) is 6.08 Å². The molecule has 66 valence electrons. The van der Waals surface area contributed by atoms with Crippen LogP contribution in [0.4, 0.5) is 4.39 Å². The largest absolute Gasteiger partial charge is 0.235 e. The summed E-state index contributed by atoms with van der Waals surface area (Å²) in [5.74, 6) is -0.193. The van der Waals surface area contributed by atoms with E-state index in [9.17, 15) is 9.18 Å². The molecule has 2 rings (SSSR count). The van der Waals surface area contributed by atoms with Crippen LogP contribution in [0.25, 0.3) is 0 Å². The highest BCUT2D eigenvalue weighted by molar-refractivity contribution is 5.39. The molecule has 0 saturated carbocycles. The molecule has 1 aliphatic rings. The summed E-state index contributed by atoms with van der Waals surface area (Å²) in [5.41, 5.74) is 1.66. The van der Waals surface area contributed by atoms with Gasteiger partial charge < -0.3 is 0 Å². The molecule has 3 heteroatoms. The number of fused-ring (bicyclic) bond motifs is 1. The number of hydrogen-bond acceptors (Lipinski definition) is 2. The Bertz CT molecular complexity index is 383. The monoisotopic (exact) mass is 177 g/mol. The van der Waals surface area contributed by atoms with Gasteiger partial charge in [-0.2, -0.15) is 0 Å². The summed E-state index contributed by atoms with van der Waals surface area (Å²) in [7, 11) is 0. The molecule has 1 aromatic rings. The first-order chi connectivity index (χ1) is 6.31. The van der Waals surface area contributed by atoms with E-state index in [2.05, 4.69) is 4.99 Å². The van der Waals surface area contributed by atoms with Gasteiger partial charge in [-0.25, -0.2) is 14.2 Å². The lowest BCUT2D eigenvalue weighted by molar-refractivity contribution is 0.556. The van der Waals surface area contributed by atoms with Crippen LogP contribution in [0.5, 0.6) is 0 Å². The summed E-state index contributed by atoms with van der Waals surface area (Å²) in [6.07, 6.45) is 2.70. The minimum absolute atomic E-state index is 0.107. The van der Waals surface area contributed by atoms with E-state index in [0.717, 1.165) is 5.56 Å². The van der Waals surface area contributed by atoms with E-state index in [1.165, 1.54) is 12.1 Å². The fraction of sp³-hybridized carbons (Fsp3) is 0.300. The molecular formula is C10H8FNO. The molecule has 0 N–H and O–H groups in total. The van der Waals surface area contributed by atoms with E-state index in [1.807, 2.05) is 6.07 Å². The van der Waals surface area contributed by atoms with E-state index in [1.54, 1.807) is 6.07 Å². The van der Waals surface area contributed by atoms with Gasteiger partial charge in [0.15, 0.2) is 0 Å². The molecule has 1 atom stereocenters. The van der Waals surface area contributed by atoms with Gasteiger partial charge in [-0.3, -0.25) is 0 Å². The molecule has 0 spiro atoms. The fourth-order valence-electron chi connectivity index (χ4n) is 1.75. The molecule has 13 heavy (non-hydrogen) atoms. The number of isocyanates is 1. The average molecular weight is 177 g/mol. The number of benzene rings is 1. The van der Waals surface area contributed by atoms with Crippen molar-refractivity contribution >= 4 is 6.08 Å². The zero-order valence-corrected chi connectivity index (χ0v) is 6.96. The van der Waals surface area contributed by atoms with Crippen molar-refractivity contribution in [3.8, 4) is 0 Å². The third-order valence-electron chi connectivity index (χ3n) is 2.35.